The van der Waals surface area contributed by atoms with Crippen molar-refractivity contribution in [3.8, 4) is 0 Å². The fraction of sp³-hybridized carbons (Fsp3) is 0.923. The van der Waals surface area contributed by atoms with Crippen LogP contribution in [0.25, 0.3) is 0 Å². The number of carbonyl (C=O) groups is 1. The van der Waals surface area contributed by atoms with Crippen LogP contribution in [0.2, 0.25) is 0 Å². The minimum atomic E-state index is -0.357. The number of carbonyl (C=O) groups excluding carboxylic acids is 1. The van der Waals surface area contributed by atoms with E-state index in [-0.39, 0.29) is 29.1 Å². The van der Waals surface area contributed by atoms with Gasteiger partial charge in [-0.1, -0.05) is 13.8 Å². The van der Waals surface area contributed by atoms with Gasteiger partial charge in [-0.05, 0) is 13.3 Å². The summed E-state index contributed by atoms with van der Waals surface area (Å²) in [4.78, 5) is 12.1. The molecule has 1 heterocycles. The summed E-state index contributed by atoms with van der Waals surface area (Å²) in [5.41, 5.74) is -0.212. The molecule has 1 aliphatic carbocycles. The highest BCUT2D eigenvalue weighted by molar-refractivity contribution is 5.81. The summed E-state index contributed by atoms with van der Waals surface area (Å²) < 4.78 is 11.0. The van der Waals surface area contributed by atoms with E-state index in [2.05, 4.69) is 31.4 Å². The molecule has 5 nitrogen and oxygen atoms in total. The minimum absolute atomic E-state index is 0.0153. The van der Waals surface area contributed by atoms with E-state index in [1.54, 1.807) is 7.11 Å². The van der Waals surface area contributed by atoms with Gasteiger partial charge < -0.3 is 20.1 Å². The molecule has 5 heteroatoms. The van der Waals surface area contributed by atoms with Crippen LogP contribution in [0.15, 0.2) is 0 Å². The maximum atomic E-state index is 12.1. The van der Waals surface area contributed by atoms with E-state index < -0.39 is 0 Å². The quantitative estimate of drug-likeness (QED) is 0.762. The Hall–Kier alpha value is -0.650. The molecule has 0 spiro atoms. The van der Waals surface area contributed by atoms with Gasteiger partial charge in [0.15, 0.2) is 0 Å². The lowest BCUT2D eigenvalue weighted by Crippen LogP contribution is -2.69. The first kappa shape index (κ1) is 13.8. The number of nitrogens with one attached hydrogen (secondary N) is 2. The highest BCUT2D eigenvalue weighted by Gasteiger charge is 2.58. The highest BCUT2D eigenvalue weighted by atomic mass is 16.5. The Morgan fingerprint density at radius 1 is 1.44 bits per heavy atom. The Kier molecular flexibility index (Phi) is 3.67. The third kappa shape index (κ3) is 2.15. The average molecular weight is 256 g/mol. The van der Waals surface area contributed by atoms with E-state index >= 15 is 0 Å². The Bertz CT molecular complexity index is 326. The first-order chi connectivity index (χ1) is 8.40. The van der Waals surface area contributed by atoms with Crippen molar-refractivity contribution in [3.63, 3.8) is 0 Å². The Morgan fingerprint density at radius 3 is 2.67 bits per heavy atom. The molecule has 2 rings (SSSR count). The fourth-order valence-electron chi connectivity index (χ4n) is 2.72. The topological polar surface area (TPSA) is 59.6 Å². The molecule has 1 aliphatic heterocycles. The molecule has 104 valence electrons. The lowest BCUT2D eigenvalue weighted by molar-refractivity contribution is -0.184. The van der Waals surface area contributed by atoms with E-state index in [4.69, 9.17) is 9.47 Å². The number of hydrogen-bond donors (Lipinski definition) is 2. The van der Waals surface area contributed by atoms with Gasteiger partial charge in [-0.2, -0.15) is 0 Å². The summed E-state index contributed by atoms with van der Waals surface area (Å²) in [6.45, 7) is 8.37. The third-order valence-electron chi connectivity index (χ3n) is 4.81. The van der Waals surface area contributed by atoms with Crippen molar-refractivity contribution in [3.05, 3.63) is 0 Å². The van der Waals surface area contributed by atoms with Gasteiger partial charge in [0.05, 0.1) is 12.2 Å². The summed E-state index contributed by atoms with van der Waals surface area (Å²) in [7, 11) is 1.73. The second-order valence-corrected chi connectivity index (χ2v) is 5.99. The van der Waals surface area contributed by atoms with Gasteiger partial charge in [0, 0.05) is 31.7 Å². The predicted octanol–water partition coefficient (Wildman–Crippen LogP) is 0.295. The van der Waals surface area contributed by atoms with Crippen LogP contribution < -0.4 is 10.6 Å². The van der Waals surface area contributed by atoms with Gasteiger partial charge in [-0.3, -0.25) is 4.79 Å². The Balaban J connectivity index is 1.89. The van der Waals surface area contributed by atoms with Crippen molar-refractivity contribution in [2.75, 3.05) is 26.8 Å². The number of amides is 1. The van der Waals surface area contributed by atoms with Crippen LogP contribution in [0.4, 0.5) is 0 Å². The molecule has 2 N–H and O–H groups in total. The van der Waals surface area contributed by atoms with E-state index in [1.807, 2.05) is 0 Å². The maximum Gasteiger partial charge on any atom is 0.250 e. The molecule has 2 aliphatic rings. The van der Waals surface area contributed by atoms with Crippen molar-refractivity contribution in [2.45, 2.75) is 44.9 Å². The molecule has 0 unspecified atom stereocenters. The normalized spacial score (nSPS) is 38.9. The fourth-order valence-corrected chi connectivity index (χ4v) is 2.72. The van der Waals surface area contributed by atoms with Crippen molar-refractivity contribution in [1.29, 1.82) is 0 Å². The van der Waals surface area contributed by atoms with Gasteiger partial charge in [0.25, 0.3) is 5.91 Å². The van der Waals surface area contributed by atoms with Gasteiger partial charge in [-0.25, -0.2) is 0 Å². The van der Waals surface area contributed by atoms with E-state index in [9.17, 15) is 4.79 Å². The molecule has 18 heavy (non-hydrogen) atoms. The van der Waals surface area contributed by atoms with Crippen molar-refractivity contribution >= 4 is 5.91 Å². The van der Waals surface area contributed by atoms with Gasteiger partial charge >= 0.3 is 0 Å². The lowest BCUT2D eigenvalue weighted by Gasteiger charge is -2.59. The summed E-state index contributed by atoms with van der Waals surface area (Å²) >= 11 is 0. The standard InChI is InChI=1S/C13H24N2O3/c1-12(2)10(7-13(12,3)17-4)15-11(16)9-8-14-5-6-18-9/h9-10,14H,5-8H2,1-4H3,(H,15,16)/t9-,10+,13-/m1/s1. The monoisotopic (exact) mass is 256 g/mol. The summed E-state index contributed by atoms with van der Waals surface area (Å²) in [5.74, 6) is -0.0153. The zero-order valence-electron chi connectivity index (χ0n) is 11.7. The lowest BCUT2D eigenvalue weighted by atomic mass is 9.56. The van der Waals surface area contributed by atoms with Crippen molar-refractivity contribution in [1.82, 2.24) is 10.6 Å². The molecule has 3 atom stereocenters. The second-order valence-electron chi connectivity index (χ2n) is 5.99. The molecule has 1 saturated carbocycles. The number of rotatable bonds is 3. The SMILES string of the molecule is CO[C@]1(C)C[C@H](NC(=O)[C@H]2CNCCO2)C1(C)C. The van der Waals surface area contributed by atoms with Crippen LogP contribution in [0, 0.1) is 5.41 Å². The molecular formula is C13H24N2O3. The van der Waals surface area contributed by atoms with Crippen LogP contribution >= 0.6 is 0 Å². The molecule has 0 aromatic heterocycles. The molecular weight excluding hydrogens is 232 g/mol. The number of hydrogen-bond acceptors (Lipinski definition) is 4. The van der Waals surface area contributed by atoms with Gasteiger partial charge in [0.2, 0.25) is 0 Å². The van der Waals surface area contributed by atoms with E-state index in [1.165, 1.54) is 0 Å². The number of methoxy groups -OCH3 is 1. The second kappa shape index (κ2) is 4.79. The third-order valence-corrected chi connectivity index (χ3v) is 4.81. The number of morpholine rings is 1. The van der Waals surface area contributed by atoms with Crippen LogP contribution in [0.1, 0.15) is 27.2 Å². The van der Waals surface area contributed by atoms with Gasteiger partial charge in [-0.15, -0.1) is 0 Å². The largest absolute Gasteiger partial charge is 0.378 e. The molecule has 1 amide bonds. The zero-order valence-corrected chi connectivity index (χ0v) is 11.7. The highest BCUT2D eigenvalue weighted by Crippen LogP contribution is 2.51. The molecule has 0 bridgehead atoms. The van der Waals surface area contributed by atoms with Crippen molar-refractivity contribution < 1.29 is 14.3 Å². The van der Waals surface area contributed by atoms with Gasteiger partial charge in [0.1, 0.15) is 6.10 Å². The molecule has 1 saturated heterocycles. The summed E-state index contributed by atoms with van der Waals surface area (Å²) in [6, 6.07) is 0.153. The van der Waals surface area contributed by atoms with Crippen LogP contribution in [0.5, 0.6) is 0 Å². The van der Waals surface area contributed by atoms with E-state index in [0.717, 1.165) is 13.0 Å². The first-order valence-electron chi connectivity index (χ1n) is 6.58. The number of ether oxygens (including phenoxy) is 2. The minimum Gasteiger partial charge on any atom is -0.378 e. The summed E-state index contributed by atoms with van der Waals surface area (Å²) in [5, 5.41) is 6.24. The molecule has 0 aromatic rings. The molecule has 2 fully saturated rings. The van der Waals surface area contributed by atoms with Crippen LogP contribution in [-0.4, -0.2) is 50.5 Å². The van der Waals surface area contributed by atoms with E-state index in [0.29, 0.717) is 13.2 Å². The Labute approximate surface area is 109 Å². The van der Waals surface area contributed by atoms with Crippen molar-refractivity contribution in [2.24, 2.45) is 5.41 Å². The zero-order chi connectivity index (χ0) is 13.4. The molecule has 0 aromatic carbocycles. The average Bonchev–Trinajstić information content (AvgIpc) is 2.38. The Morgan fingerprint density at radius 2 is 2.17 bits per heavy atom. The molecule has 0 radical (unpaired) electrons. The summed E-state index contributed by atoms with van der Waals surface area (Å²) in [6.07, 6.45) is 0.492. The van der Waals surface area contributed by atoms with Crippen LogP contribution in [-0.2, 0) is 14.3 Å². The first-order valence-corrected chi connectivity index (χ1v) is 6.58. The van der Waals surface area contributed by atoms with Crippen LogP contribution in [0.3, 0.4) is 0 Å². The smallest absolute Gasteiger partial charge is 0.250 e. The predicted molar refractivity (Wildman–Crippen MR) is 68.4 cm³/mol. The maximum absolute atomic E-state index is 12.1.